The van der Waals surface area contributed by atoms with Gasteiger partial charge >= 0.3 is 0 Å². The highest BCUT2D eigenvalue weighted by Crippen LogP contribution is 2.29. The number of hydrogen-bond acceptors (Lipinski definition) is 4. The third kappa shape index (κ3) is 3.45. The van der Waals surface area contributed by atoms with Crippen molar-refractivity contribution in [2.75, 3.05) is 37.7 Å². The molecule has 6 heteroatoms. The van der Waals surface area contributed by atoms with E-state index in [1.165, 1.54) is 6.07 Å². The molecule has 22 heavy (non-hydrogen) atoms. The van der Waals surface area contributed by atoms with Crippen LogP contribution in [0.1, 0.15) is 12.0 Å². The SMILES string of the molecule is O=C(N1CCN(Cc2cccc(F)c2)CC1)C1(O)CCSC1. The van der Waals surface area contributed by atoms with Gasteiger partial charge in [-0.3, -0.25) is 9.69 Å². The topological polar surface area (TPSA) is 43.8 Å². The first-order valence-electron chi connectivity index (χ1n) is 7.63. The highest BCUT2D eigenvalue weighted by molar-refractivity contribution is 7.99. The summed E-state index contributed by atoms with van der Waals surface area (Å²) in [4.78, 5) is 16.4. The van der Waals surface area contributed by atoms with Gasteiger partial charge in [-0.25, -0.2) is 4.39 Å². The molecule has 1 amide bonds. The van der Waals surface area contributed by atoms with E-state index in [2.05, 4.69) is 4.90 Å². The van der Waals surface area contributed by atoms with Crippen molar-refractivity contribution in [1.82, 2.24) is 9.80 Å². The summed E-state index contributed by atoms with van der Waals surface area (Å²) in [5, 5.41) is 10.4. The molecule has 4 nitrogen and oxygen atoms in total. The third-order valence-corrected chi connectivity index (χ3v) is 5.53. The molecule has 2 heterocycles. The Bertz CT molecular complexity index is 541. The van der Waals surface area contributed by atoms with E-state index in [0.29, 0.717) is 31.8 Å². The lowest BCUT2D eigenvalue weighted by Crippen LogP contribution is -2.55. The third-order valence-electron chi connectivity index (χ3n) is 4.35. The Kier molecular flexibility index (Phi) is 4.70. The maximum atomic E-state index is 13.2. The van der Waals surface area contributed by atoms with Crippen molar-refractivity contribution in [2.24, 2.45) is 0 Å². The Morgan fingerprint density at radius 1 is 1.32 bits per heavy atom. The van der Waals surface area contributed by atoms with Gasteiger partial charge in [0.05, 0.1) is 0 Å². The van der Waals surface area contributed by atoms with E-state index in [9.17, 15) is 14.3 Å². The average Bonchev–Trinajstić information content (AvgIpc) is 2.95. The van der Waals surface area contributed by atoms with Crippen LogP contribution >= 0.6 is 11.8 Å². The minimum atomic E-state index is -1.16. The predicted molar refractivity (Wildman–Crippen MR) is 85.1 cm³/mol. The molecule has 0 saturated carbocycles. The average molecular weight is 324 g/mol. The van der Waals surface area contributed by atoms with Gasteiger partial charge in [0.25, 0.3) is 5.91 Å². The van der Waals surface area contributed by atoms with Crippen molar-refractivity contribution >= 4 is 17.7 Å². The fourth-order valence-corrected chi connectivity index (χ4v) is 4.25. The van der Waals surface area contributed by atoms with Gasteiger partial charge in [0.2, 0.25) is 0 Å². The fraction of sp³-hybridized carbons (Fsp3) is 0.562. The zero-order valence-corrected chi connectivity index (χ0v) is 13.3. The Hall–Kier alpha value is -1.11. The highest BCUT2D eigenvalue weighted by atomic mass is 32.2. The number of aliphatic hydroxyl groups is 1. The van der Waals surface area contributed by atoms with E-state index in [-0.39, 0.29) is 11.7 Å². The summed E-state index contributed by atoms with van der Waals surface area (Å²) in [7, 11) is 0. The summed E-state index contributed by atoms with van der Waals surface area (Å²) < 4.78 is 13.2. The number of carbonyl (C=O) groups excluding carboxylic acids is 1. The summed E-state index contributed by atoms with van der Waals surface area (Å²) in [5.74, 6) is 1.02. The molecule has 0 bridgehead atoms. The van der Waals surface area contributed by atoms with Crippen LogP contribution in [0.25, 0.3) is 0 Å². The molecule has 1 atom stereocenters. The van der Waals surface area contributed by atoms with Crippen LogP contribution in [0.15, 0.2) is 24.3 Å². The molecule has 1 unspecified atom stereocenters. The second kappa shape index (κ2) is 6.56. The van der Waals surface area contributed by atoms with Crippen molar-refractivity contribution in [3.63, 3.8) is 0 Å². The Labute approximate surface area is 134 Å². The monoisotopic (exact) mass is 324 g/mol. The molecule has 0 radical (unpaired) electrons. The van der Waals surface area contributed by atoms with Gasteiger partial charge in [-0.2, -0.15) is 11.8 Å². The van der Waals surface area contributed by atoms with E-state index in [0.717, 1.165) is 24.4 Å². The first-order chi connectivity index (χ1) is 10.6. The predicted octanol–water partition coefficient (Wildman–Crippen LogP) is 1.34. The lowest BCUT2D eigenvalue weighted by atomic mass is 10.0. The number of rotatable bonds is 3. The quantitative estimate of drug-likeness (QED) is 0.911. The van der Waals surface area contributed by atoms with Gasteiger partial charge in [-0.15, -0.1) is 0 Å². The van der Waals surface area contributed by atoms with Gasteiger partial charge in [0.15, 0.2) is 5.60 Å². The van der Waals surface area contributed by atoms with Crippen LogP contribution in [0.5, 0.6) is 0 Å². The fourth-order valence-electron chi connectivity index (χ4n) is 3.02. The van der Waals surface area contributed by atoms with Crippen LogP contribution in [0.2, 0.25) is 0 Å². The number of carbonyl (C=O) groups is 1. The molecule has 0 aliphatic carbocycles. The molecular formula is C16H21FN2O2S. The Balaban J connectivity index is 1.53. The summed E-state index contributed by atoms with van der Waals surface area (Å²) >= 11 is 1.63. The summed E-state index contributed by atoms with van der Waals surface area (Å²) in [6, 6.07) is 6.63. The van der Waals surface area contributed by atoms with E-state index < -0.39 is 5.60 Å². The molecule has 2 aliphatic heterocycles. The van der Waals surface area contributed by atoms with Crippen LogP contribution < -0.4 is 0 Å². The first-order valence-corrected chi connectivity index (χ1v) is 8.79. The molecule has 2 saturated heterocycles. The van der Waals surface area contributed by atoms with E-state index in [1.807, 2.05) is 6.07 Å². The number of nitrogens with zero attached hydrogens (tertiary/aromatic N) is 2. The Morgan fingerprint density at radius 2 is 2.09 bits per heavy atom. The Morgan fingerprint density at radius 3 is 2.73 bits per heavy atom. The molecular weight excluding hydrogens is 303 g/mol. The van der Waals surface area contributed by atoms with Crippen molar-refractivity contribution in [3.8, 4) is 0 Å². The molecule has 2 aliphatic rings. The molecule has 3 rings (SSSR count). The van der Waals surface area contributed by atoms with Crippen LogP contribution in [0.4, 0.5) is 4.39 Å². The number of halogens is 1. The number of thioether (sulfide) groups is 1. The van der Waals surface area contributed by atoms with E-state index in [1.54, 1.807) is 28.8 Å². The number of piperazine rings is 1. The van der Waals surface area contributed by atoms with Crippen LogP contribution in [0.3, 0.4) is 0 Å². The molecule has 0 aromatic heterocycles. The van der Waals surface area contributed by atoms with Gasteiger partial charge < -0.3 is 10.0 Å². The minimum Gasteiger partial charge on any atom is -0.379 e. The van der Waals surface area contributed by atoms with Crippen LogP contribution in [-0.2, 0) is 11.3 Å². The standard InChI is InChI=1S/C16H21FN2O2S/c17-14-3-1-2-13(10-14)11-18-5-7-19(8-6-18)15(20)16(21)4-9-22-12-16/h1-3,10,21H,4-9,11-12H2. The van der Waals surface area contributed by atoms with Crippen LogP contribution in [0, 0.1) is 5.82 Å². The van der Waals surface area contributed by atoms with E-state index >= 15 is 0 Å². The van der Waals surface area contributed by atoms with E-state index in [4.69, 9.17) is 0 Å². The van der Waals surface area contributed by atoms with Gasteiger partial charge in [0.1, 0.15) is 5.82 Å². The normalized spacial score (nSPS) is 26.4. The minimum absolute atomic E-state index is 0.122. The molecule has 2 fully saturated rings. The summed E-state index contributed by atoms with van der Waals surface area (Å²) in [5.41, 5.74) is -0.208. The maximum absolute atomic E-state index is 13.2. The summed E-state index contributed by atoms with van der Waals surface area (Å²) in [6.45, 7) is 3.46. The zero-order valence-electron chi connectivity index (χ0n) is 12.5. The van der Waals surface area contributed by atoms with Crippen molar-refractivity contribution < 1.29 is 14.3 Å². The molecule has 1 aromatic carbocycles. The first kappa shape index (κ1) is 15.8. The largest absolute Gasteiger partial charge is 0.379 e. The lowest BCUT2D eigenvalue weighted by Gasteiger charge is -2.37. The number of hydrogen-bond donors (Lipinski definition) is 1. The zero-order chi connectivity index (χ0) is 15.6. The molecule has 1 N–H and O–H groups in total. The maximum Gasteiger partial charge on any atom is 0.255 e. The lowest BCUT2D eigenvalue weighted by molar-refractivity contribution is -0.150. The van der Waals surface area contributed by atoms with Gasteiger partial charge in [0, 0.05) is 38.5 Å². The second-order valence-corrected chi connectivity index (χ2v) is 7.14. The van der Waals surface area contributed by atoms with Crippen molar-refractivity contribution in [3.05, 3.63) is 35.6 Å². The molecule has 120 valence electrons. The molecule has 0 spiro atoms. The second-order valence-electron chi connectivity index (χ2n) is 6.03. The van der Waals surface area contributed by atoms with Crippen LogP contribution in [-0.4, -0.2) is 64.1 Å². The number of amides is 1. The number of benzene rings is 1. The van der Waals surface area contributed by atoms with Crippen molar-refractivity contribution in [2.45, 2.75) is 18.6 Å². The summed E-state index contributed by atoms with van der Waals surface area (Å²) in [6.07, 6.45) is 0.556. The van der Waals surface area contributed by atoms with Crippen molar-refractivity contribution in [1.29, 1.82) is 0 Å². The molecule has 1 aromatic rings. The highest BCUT2D eigenvalue weighted by Gasteiger charge is 2.42. The van der Waals surface area contributed by atoms with Gasteiger partial charge in [-0.05, 0) is 29.9 Å². The van der Waals surface area contributed by atoms with Gasteiger partial charge in [-0.1, -0.05) is 12.1 Å². The smallest absolute Gasteiger partial charge is 0.255 e.